The highest BCUT2D eigenvalue weighted by atomic mass is 19.1. The van der Waals surface area contributed by atoms with E-state index in [1.807, 2.05) is 40.0 Å². The quantitative estimate of drug-likeness (QED) is 0.223. The summed E-state index contributed by atoms with van der Waals surface area (Å²) >= 11 is 0. The lowest BCUT2D eigenvalue weighted by atomic mass is 9.90. The van der Waals surface area contributed by atoms with Crippen molar-refractivity contribution in [2.75, 3.05) is 56.0 Å². The molecule has 3 aliphatic rings. The first-order valence-electron chi connectivity index (χ1n) is 18.0. The normalized spacial score (nSPS) is 18.8. The van der Waals surface area contributed by atoms with Crippen LogP contribution in [0.1, 0.15) is 48.8 Å². The third-order valence-corrected chi connectivity index (χ3v) is 10.6. The molecular formula is C38H40F2N10O3. The Morgan fingerprint density at radius 2 is 1.72 bits per heavy atom. The van der Waals surface area contributed by atoms with E-state index in [0.717, 1.165) is 62.0 Å². The van der Waals surface area contributed by atoms with Gasteiger partial charge in [-0.3, -0.25) is 33.7 Å². The van der Waals surface area contributed by atoms with E-state index in [9.17, 15) is 23.2 Å². The third kappa shape index (κ3) is 7.08. The minimum absolute atomic E-state index is 0.142. The molecular weight excluding hydrogens is 682 g/mol. The number of aromatic nitrogens is 5. The van der Waals surface area contributed by atoms with E-state index in [-0.39, 0.29) is 35.2 Å². The average Bonchev–Trinajstić information content (AvgIpc) is 3.85. The number of benzene rings is 2. The van der Waals surface area contributed by atoms with Crippen LogP contribution < -0.4 is 15.5 Å². The standard InChI is InChI=1S/C38H40F2N10O3/c1-24-18-30(32(40)19-31(24)39)33-21-42-36(37-41-10-13-49(33)37)44-26-20-43-50(22-26)28-8-11-46(12-9-28)23-35(52)48-16-14-47(15-17-48)27-4-2-25(3-5-27)29-6-7-34(51)45-38(29)53/h2-5,10,13,18-22,28-29H,6-9,11-12,14-17,23H2,1H3,(H,42,44)(H,45,51,53). The summed E-state index contributed by atoms with van der Waals surface area (Å²) in [5, 5.41) is 10.3. The number of imidazole rings is 1. The summed E-state index contributed by atoms with van der Waals surface area (Å²) in [6, 6.07) is 10.5. The Morgan fingerprint density at radius 1 is 0.943 bits per heavy atom. The van der Waals surface area contributed by atoms with Crippen LogP contribution in [0.3, 0.4) is 0 Å². The molecule has 8 rings (SSSR count). The summed E-state index contributed by atoms with van der Waals surface area (Å²) in [6.07, 6.45) is 11.1. The second kappa shape index (κ2) is 14.4. The van der Waals surface area contributed by atoms with Crippen LogP contribution >= 0.6 is 0 Å². The Balaban J connectivity index is 0.814. The highest BCUT2D eigenvalue weighted by Crippen LogP contribution is 2.31. The van der Waals surface area contributed by atoms with Gasteiger partial charge in [0.2, 0.25) is 17.7 Å². The second-order valence-corrected chi connectivity index (χ2v) is 14.0. The fourth-order valence-electron chi connectivity index (χ4n) is 7.58. The molecule has 274 valence electrons. The number of rotatable bonds is 8. The fraction of sp³-hybridized carbons (Fsp3) is 0.368. The lowest BCUT2D eigenvalue weighted by Gasteiger charge is -2.38. The second-order valence-electron chi connectivity index (χ2n) is 14.0. The van der Waals surface area contributed by atoms with Gasteiger partial charge >= 0.3 is 0 Å². The molecule has 3 aliphatic heterocycles. The van der Waals surface area contributed by atoms with E-state index >= 15 is 0 Å². The molecule has 3 aromatic heterocycles. The van der Waals surface area contributed by atoms with Gasteiger partial charge in [-0.15, -0.1) is 0 Å². The largest absolute Gasteiger partial charge is 0.368 e. The van der Waals surface area contributed by atoms with E-state index in [4.69, 9.17) is 0 Å². The van der Waals surface area contributed by atoms with E-state index in [2.05, 4.69) is 35.5 Å². The molecule has 5 aromatic rings. The molecule has 1 unspecified atom stereocenters. The lowest BCUT2D eigenvalue weighted by Crippen LogP contribution is -2.52. The van der Waals surface area contributed by atoms with Gasteiger partial charge in [0.15, 0.2) is 11.5 Å². The number of halogens is 2. The SMILES string of the molecule is Cc1cc(-c2cnc(Nc3cnn(C4CCN(CC(=O)N5CCN(c6ccc(C7CCC(=O)NC7=O)cc6)CC5)CC4)c3)c3nccn23)c(F)cc1F. The Morgan fingerprint density at radius 3 is 2.47 bits per heavy atom. The van der Waals surface area contributed by atoms with Crippen LogP contribution in [0.15, 0.2) is 67.4 Å². The number of carbonyl (C=O) groups excluding carboxylic acids is 3. The summed E-state index contributed by atoms with van der Waals surface area (Å²) in [4.78, 5) is 52.4. The molecule has 0 spiro atoms. The molecule has 0 aliphatic carbocycles. The molecule has 0 saturated carbocycles. The monoisotopic (exact) mass is 722 g/mol. The van der Waals surface area contributed by atoms with Crippen LogP contribution in [-0.2, 0) is 14.4 Å². The Bertz CT molecular complexity index is 2170. The molecule has 3 amide bonds. The van der Waals surface area contributed by atoms with Crippen LogP contribution in [0, 0.1) is 18.6 Å². The van der Waals surface area contributed by atoms with Crippen molar-refractivity contribution >= 4 is 40.6 Å². The van der Waals surface area contributed by atoms with Crippen molar-refractivity contribution in [1.82, 2.24) is 39.3 Å². The summed E-state index contributed by atoms with van der Waals surface area (Å²) in [7, 11) is 0. The predicted molar refractivity (Wildman–Crippen MR) is 194 cm³/mol. The van der Waals surface area contributed by atoms with Gasteiger partial charge < -0.3 is 15.1 Å². The predicted octanol–water partition coefficient (Wildman–Crippen LogP) is 4.43. The van der Waals surface area contributed by atoms with Gasteiger partial charge in [0, 0.05) is 81.6 Å². The topological polar surface area (TPSA) is 133 Å². The van der Waals surface area contributed by atoms with Crippen LogP contribution in [0.2, 0.25) is 0 Å². The van der Waals surface area contributed by atoms with Crippen molar-refractivity contribution in [2.24, 2.45) is 0 Å². The number of likely N-dealkylation sites (tertiary alicyclic amines) is 1. The zero-order valence-electron chi connectivity index (χ0n) is 29.3. The number of imide groups is 1. The summed E-state index contributed by atoms with van der Waals surface area (Å²) in [5.74, 6) is -1.39. The minimum Gasteiger partial charge on any atom is -0.368 e. The number of anilines is 3. The number of amides is 3. The molecule has 0 bridgehead atoms. The summed E-state index contributed by atoms with van der Waals surface area (Å²) in [6.45, 7) is 6.33. The number of nitrogens with one attached hydrogen (secondary N) is 2. The smallest absolute Gasteiger partial charge is 0.236 e. The van der Waals surface area contributed by atoms with Crippen LogP contribution in [0.25, 0.3) is 16.9 Å². The minimum atomic E-state index is -0.672. The number of aryl methyl sites for hydroxylation is 1. The van der Waals surface area contributed by atoms with E-state index in [1.54, 1.807) is 36.1 Å². The molecule has 53 heavy (non-hydrogen) atoms. The highest BCUT2D eigenvalue weighted by Gasteiger charge is 2.29. The number of piperazine rings is 1. The van der Waals surface area contributed by atoms with Gasteiger partial charge in [-0.05, 0) is 55.5 Å². The zero-order chi connectivity index (χ0) is 36.6. The first kappa shape index (κ1) is 34.4. The van der Waals surface area contributed by atoms with Crippen molar-refractivity contribution < 1.29 is 23.2 Å². The summed E-state index contributed by atoms with van der Waals surface area (Å²) in [5.41, 5.74) is 4.24. The maximum absolute atomic E-state index is 14.7. The molecule has 1 atom stereocenters. The molecule has 13 nitrogen and oxygen atoms in total. The Kier molecular flexibility index (Phi) is 9.33. The highest BCUT2D eigenvalue weighted by molar-refractivity contribution is 6.01. The van der Waals surface area contributed by atoms with Gasteiger partial charge in [-0.25, -0.2) is 18.7 Å². The lowest BCUT2D eigenvalue weighted by molar-refractivity contribution is -0.134. The number of fused-ring (bicyclic) bond motifs is 1. The number of carbonyl (C=O) groups is 3. The first-order chi connectivity index (χ1) is 25.7. The van der Waals surface area contributed by atoms with Crippen molar-refractivity contribution in [1.29, 1.82) is 0 Å². The third-order valence-electron chi connectivity index (χ3n) is 10.6. The number of hydrogen-bond donors (Lipinski definition) is 2. The van der Waals surface area contributed by atoms with Crippen molar-refractivity contribution in [3.63, 3.8) is 0 Å². The molecule has 2 N–H and O–H groups in total. The molecule has 3 fully saturated rings. The maximum atomic E-state index is 14.7. The van der Waals surface area contributed by atoms with Crippen molar-refractivity contribution in [2.45, 2.75) is 44.6 Å². The van der Waals surface area contributed by atoms with Gasteiger partial charge in [0.1, 0.15) is 11.6 Å². The molecule has 15 heteroatoms. The first-order valence-corrected chi connectivity index (χ1v) is 18.0. The van der Waals surface area contributed by atoms with E-state index in [0.29, 0.717) is 55.2 Å². The average molecular weight is 723 g/mol. The number of nitrogens with zero attached hydrogens (tertiary/aromatic N) is 8. The van der Waals surface area contributed by atoms with Crippen LogP contribution in [-0.4, -0.2) is 97.5 Å². The van der Waals surface area contributed by atoms with Gasteiger partial charge in [0.05, 0.1) is 42.3 Å². The molecule has 3 saturated heterocycles. The zero-order valence-corrected chi connectivity index (χ0v) is 29.3. The van der Waals surface area contributed by atoms with Gasteiger partial charge in [0.25, 0.3) is 0 Å². The number of hydrogen-bond acceptors (Lipinski definition) is 9. The van der Waals surface area contributed by atoms with E-state index in [1.165, 1.54) is 6.07 Å². The van der Waals surface area contributed by atoms with Gasteiger partial charge in [-0.2, -0.15) is 5.10 Å². The van der Waals surface area contributed by atoms with Crippen molar-refractivity contribution in [3.8, 4) is 11.3 Å². The summed E-state index contributed by atoms with van der Waals surface area (Å²) < 4.78 is 32.3. The van der Waals surface area contributed by atoms with Crippen LogP contribution in [0.4, 0.5) is 26.0 Å². The Hall–Kier alpha value is -5.70. The van der Waals surface area contributed by atoms with Crippen molar-refractivity contribution in [3.05, 3.63) is 90.1 Å². The molecule has 6 heterocycles. The Labute approximate surface area is 304 Å². The number of piperidine rings is 2. The molecule has 2 aromatic carbocycles. The molecule has 0 radical (unpaired) electrons. The van der Waals surface area contributed by atoms with E-state index < -0.39 is 11.6 Å². The van der Waals surface area contributed by atoms with Gasteiger partial charge in [-0.1, -0.05) is 12.1 Å². The fourth-order valence-corrected chi connectivity index (χ4v) is 7.58. The maximum Gasteiger partial charge on any atom is 0.236 e. The van der Waals surface area contributed by atoms with Crippen LogP contribution in [0.5, 0.6) is 0 Å².